The third-order valence-corrected chi connectivity index (χ3v) is 12.3. The van der Waals surface area contributed by atoms with Gasteiger partial charge in [-0.05, 0) is 78.9 Å². The molecule has 7 aromatic carbocycles. The average molecular weight is 686 g/mol. The zero-order chi connectivity index (χ0) is 33.5. The van der Waals surface area contributed by atoms with Gasteiger partial charge in [0.05, 0.1) is 22.4 Å². The van der Waals surface area contributed by atoms with Gasteiger partial charge in [-0.2, -0.15) is 0 Å². The van der Waals surface area contributed by atoms with Crippen LogP contribution in [0.2, 0.25) is 0 Å². The minimum atomic E-state index is 0.710. The van der Waals surface area contributed by atoms with Gasteiger partial charge >= 0.3 is 0 Å². The average Bonchev–Trinajstić information content (AvgIpc) is 3.87. The van der Waals surface area contributed by atoms with E-state index in [4.69, 9.17) is 9.97 Å². The van der Waals surface area contributed by atoms with Crippen LogP contribution in [0, 0.1) is 0 Å². The van der Waals surface area contributed by atoms with Crippen molar-refractivity contribution in [1.29, 1.82) is 0 Å². The van der Waals surface area contributed by atoms with Gasteiger partial charge < -0.3 is 4.57 Å². The lowest BCUT2D eigenvalue weighted by molar-refractivity contribution is 1.16. The number of hydrogen-bond donors (Lipinski definition) is 0. The summed E-state index contributed by atoms with van der Waals surface area (Å²) in [6, 6.07) is 58.9. The molecule has 0 spiro atoms. The Bertz CT molecular complexity index is 2960. The molecule has 5 heteroatoms. The lowest BCUT2D eigenvalue weighted by Crippen LogP contribution is -1.97. The van der Waals surface area contributed by atoms with E-state index >= 15 is 0 Å². The Kier molecular flexibility index (Phi) is 6.29. The highest BCUT2D eigenvalue weighted by atomic mass is 32.1. The molecule has 11 aromatic rings. The van der Waals surface area contributed by atoms with Crippen molar-refractivity contribution in [1.82, 2.24) is 14.5 Å². The summed E-state index contributed by atoms with van der Waals surface area (Å²) >= 11 is 3.67. The Morgan fingerprint density at radius 1 is 0.353 bits per heavy atom. The van der Waals surface area contributed by atoms with Gasteiger partial charge in [0.25, 0.3) is 0 Å². The Balaban J connectivity index is 1.09. The first kappa shape index (κ1) is 28.7. The van der Waals surface area contributed by atoms with Crippen molar-refractivity contribution in [2.75, 3.05) is 0 Å². The second kappa shape index (κ2) is 11.2. The van der Waals surface area contributed by atoms with E-state index in [-0.39, 0.29) is 0 Å². The summed E-state index contributed by atoms with van der Waals surface area (Å²) in [5.74, 6) is 0.710. The Labute approximate surface area is 301 Å². The zero-order valence-electron chi connectivity index (χ0n) is 27.2. The predicted molar refractivity (Wildman–Crippen MR) is 218 cm³/mol. The van der Waals surface area contributed by atoms with E-state index < -0.39 is 0 Å². The van der Waals surface area contributed by atoms with Crippen LogP contribution in [0.5, 0.6) is 0 Å². The monoisotopic (exact) mass is 685 g/mol. The third-order valence-electron chi connectivity index (χ3n) is 10.0. The van der Waals surface area contributed by atoms with Gasteiger partial charge in [-0.15, -0.1) is 22.7 Å². The van der Waals surface area contributed by atoms with Crippen LogP contribution in [0.15, 0.2) is 164 Å². The number of fused-ring (bicyclic) bond motifs is 9. The lowest BCUT2D eigenvalue weighted by atomic mass is 10.0. The fraction of sp³-hybridized carbons (Fsp3) is 0. The molecule has 0 radical (unpaired) electrons. The molecule has 0 saturated carbocycles. The third kappa shape index (κ3) is 4.56. The molecule has 238 valence electrons. The van der Waals surface area contributed by atoms with Crippen molar-refractivity contribution in [3.8, 4) is 39.6 Å². The highest BCUT2D eigenvalue weighted by molar-refractivity contribution is 7.26. The molecule has 0 N–H and O–H groups in total. The molecule has 0 amide bonds. The number of thiophene rings is 2. The number of nitrogens with zero attached hydrogens (tertiary/aromatic N) is 3. The molecule has 4 heterocycles. The number of para-hydroxylation sites is 2. The van der Waals surface area contributed by atoms with Crippen LogP contribution in [0.3, 0.4) is 0 Å². The van der Waals surface area contributed by atoms with E-state index in [0.29, 0.717) is 5.82 Å². The number of benzene rings is 7. The van der Waals surface area contributed by atoms with Crippen molar-refractivity contribution in [2.24, 2.45) is 0 Å². The van der Waals surface area contributed by atoms with Crippen LogP contribution >= 0.6 is 22.7 Å². The molecule has 0 saturated heterocycles. The van der Waals surface area contributed by atoms with Crippen LogP contribution < -0.4 is 0 Å². The molecule has 0 unspecified atom stereocenters. The van der Waals surface area contributed by atoms with E-state index in [9.17, 15) is 0 Å². The summed E-state index contributed by atoms with van der Waals surface area (Å²) in [5.41, 5.74) is 8.46. The maximum absolute atomic E-state index is 5.25. The van der Waals surface area contributed by atoms with Gasteiger partial charge in [0.2, 0.25) is 0 Å². The molecular formula is C46H27N3S2. The van der Waals surface area contributed by atoms with Crippen LogP contribution in [0.4, 0.5) is 0 Å². The van der Waals surface area contributed by atoms with E-state index in [1.807, 2.05) is 22.7 Å². The van der Waals surface area contributed by atoms with Crippen molar-refractivity contribution >= 4 is 84.8 Å². The summed E-state index contributed by atoms with van der Waals surface area (Å²) < 4.78 is 7.51. The smallest absolute Gasteiger partial charge is 0.160 e. The number of hydrogen-bond acceptors (Lipinski definition) is 4. The standard InChI is InChI=1S/C46H27N3S2/c1-5-13-40-32(9-1)33-10-2-6-14-41(33)49(40)31-21-17-28(18-22-31)46-47-38(29-19-23-44-36(25-29)34-11-3-7-15-42(34)50-44)27-39(48-46)30-20-24-45-37(26-30)35-12-4-8-16-43(35)51-45/h1-27H. The van der Waals surface area contributed by atoms with Gasteiger partial charge in [-0.1, -0.05) is 84.9 Å². The van der Waals surface area contributed by atoms with Crippen LogP contribution in [-0.2, 0) is 0 Å². The molecule has 0 aliphatic rings. The minimum absolute atomic E-state index is 0.710. The second-order valence-corrected chi connectivity index (χ2v) is 15.2. The summed E-state index contributed by atoms with van der Waals surface area (Å²) in [6.45, 7) is 0. The molecule has 3 nitrogen and oxygen atoms in total. The van der Waals surface area contributed by atoms with Crippen LogP contribution in [0.25, 0.3) is 102 Å². The minimum Gasteiger partial charge on any atom is -0.309 e. The van der Waals surface area contributed by atoms with Crippen molar-refractivity contribution < 1.29 is 0 Å². The lowest BCUT2D eigenvalue weighted by Gasteiger charge is -2.12. The summed E-state index contributed by atoms with van der Waals surface area (Å²) in [5, 5.41) is 7.59. The van der Waals surface area contributed by atoms with E-state index in [1.54, 1.807) is 0 Å². The first-order valence-corrected chi connectivity index (χ1v) is 18.7. The normalized spacial score (nSPS) is 11.9. The maximum Gasteiger partial charge on any atom is 0.160 e. The molecule has 0 aliphatic heterocycles. The molecule has 0 atom stereocenters. The topological polar surface area (TPSA) is 30.7 Å². The maximum atomic E-state index is 5.25. The summed E-state index contributed by atoms with van der Waals surface area (Å²) in [7, 11) is 0. The highest BCUT2D eigenvalue weighted by Crippen LogP contribution is 2.39. The SMILES string of the molecule is c1ccc2c(c1)sc1ccc(-c3cc(-c4ccc5sc6ccccc6c5c4)nc(-c4ccc(-n5c6ccccc6c6ccccc65)cc4)n3)cc12. The first-order valence-electron chi connectivity index (χ1n) is 17.1. The Morgan fingerprint density at radius 2 is 0.784 bits per heavy atom. The number of rotatable bonds is 4. The van der Waals surface area contributed by atoms with Crippen LogP contribution in [-0.4, -0.2) is 14.5 Å². The van der Waals surface area contributed by atoms with Crippen molar-refractivity contribution in [3.05, 3.63) is 164 Å². The van der Waals surface area contributed by atoms with Crippen molar-refractivity contribution in [3.63, 3.8) is 0 Å². The largest absolute Gasteiger partial charge is 0.309 e. The fourth-order valence-electron chi connectivity index (χ4n) is 7.60. The molecule has 0 bridgehead atoms. The predicted octanol–water partition coefficient (Wildman–Crippen LogP) is 13.3. The highest BCUT2D eigenvalue weighted by Gasteiger charge is 2.16. The van der Waals surface area contributed by atoms with Gasteiger partial charge in [-0.3, -0.25) is 0 Å². The number of aromatic nitrogens is 3. The summed E-state index contributed by atoms with van der Waals surface area (Å²) in [6.07, 6.45) is 0. The van der Waals surface area contributed by atoms with Gasteiger partial charge in [0.1, 0.15) is 0 Å². The summed E-state index contributed by atoms with van der Waals surface area (Å²) in [4.78, 5) is 10.5. The fourth-order valence-corrected chi connectivity index (χ4v) is 9.78. The zero-order valence-corrected chi connectivity index (χ0v) is 28.9. The van der Waals surface area contributed by atoms with Gasteiger partial charge in [0, 0.05) is 73.5 Å². The molecule has 0 aliphatic carbocycles. The van der Waals surface area contributed by atoms with E-state index in [0.717, 1.165) is 33.8 Å². The Hall–Kier alpha value is -6.14. The Morgan fingerprint density at radius 3 is 1.31 bits per heavy atom. The molecular weight excluding hydrogens is 659 g/mol. The van der Waals surface area contributed by atoms with E-state index in [1.165, 1.54) is 62.2 Å². The van der Waals surface area contributed by atoms with Gasteiger partial charge in [0.15, 0.2) is 5.82 Å². The van der Waals surface area contributed by atoms with Gasteiger partial charge in [-0.25, -0.2) is 9.97 Å². The quantitative estimate of drug-likeness (QED) is 0.185. The van der Waals surface area contributed by atoms with E-state index in [2.05, 4.69) is 168 Å². The molecule has 51 heavy (non-hydrogen) atoms. The van der Waals surface area contributed by atoms with Crippen LogP contribution in [0.1, 0.15) is 0 Å². The second-order valence-electron chi connectivity index (χ2n) is 13.0. The molecule has 0 fully saturated rings. The van der Waals surface area contributed by atoms with Crippen molar-refractivity contribution in [2.45, 2.75) is 0 Å². The molecule has 11 rings (SSSR count). The first-order chi connectivity index (χ1) is 25.2. The molecule has 4 aromatic heterocycles.